The number of nitrogens with zero attached hydrogens (tertiary/aromatic N) is 4. The van der Waals surface area contributed by atoms with E-state index in [1.54, 1.807) is 48.7 Å². The Labute approximate surface area is 407 Å². The molecule has 2 heterocycles. The molecule has 8 rings (SSSR count). The number of nitrogens with two attached hydrogens (primary N) is 1. The number of rotatable bonds is 14. The molecule has 0 bridgehead atoms. The lowest BCUT2D eigenvalue weighted by molar-refractivity contribution is 0.146. The summed E-state index contributed by atoms with van der Waals surface area (Å²) in [6.45, 7) is 4.78. The van der Waals surface area contributed by atoms with Gasteiger partial charge in [0, 0.05) is 30.5 Å². The van der Waals surface area contributed by atoms with Gasteiger partial charge >= 0.3 is 12.2 Å². The van der Waals surface area contributed by atoms with Gasteiger partial charge in [0.25, 0.3) is 0 Å². The van der Waals surface area contributed by atoms with E-state index in [0.717, 1.165) is 27.8 Å². The number of halogens is 3. The first-order valence-corrected chi connectivity index (χ1v) is 22.5. The summed E-state index contributed by atoms with van der Waals surface area (Å²) >= 11 is 5.95. The van der Waals surface area contributed by atoms with E-state index < -0.39 is 12.2 Å². The van der Waals surface area contributed by atoms with Gasteiger partial charge in [-0.2, -0.15) is 0 Å². The Morgan fingerprint density at radius 3 is 1.38 bits per heavy atom. The summed E-state index contributed by atoms with van der Waals surface area (Å²) in [5.74, 6) is -0.0278. The minimum absolute atomic E-state index is 0.0273. The van der Waals surface area contributed by atoms with Crippen molar-refractivity contribution in [1.82, 2.24) is 9.97 Å². The van der Waals surface area contributed by atoms with Crippen molar-refractivity contribution in [1.29, 1.82) is 0 Å². The van der Waals surface area contributed by atoms with E-state index in [9.17, 15) is 18.4 Å². The summed E-state index contributed by atoms with van der Waals surface area (Å²) in [5, 5.41) is 3.65. The van der Waals surface area contributed by atoms with Crippen LogP contribution in [0.2, 0.25) is 5.15 Å². The number of anilines is 3. The maximum absolute atomic E-state index is 13.4. The van der Waals surface area contributed by atoms with Gasteiger partial charge in [0.05, 0.1) is 24.5 Å². The molecule has 0 spiro atoms. The van der Waals surface area contributed by atoms with Gasteiger partial charge in [-0.05, 0) is 89.7 Å². The highest BCUT2D eigenvalue weighted by Crippen LogP contribution is 2.25. The third kappa shape index (κ3) is 16.7. The fourth-order valence-electron chi connectivity index (χ4n) is 6.69. The van der Waals surface area contributed by atoms with Gasteiger partial charge in [0.2, 0.25) is 0 Å². The molecule has 13 heteroatoms. The molecule has 352 valence electrons. The number of ether oxygens (including phenoxy) is 2. The van der Waals surface area contributed by atoms with Crippen molar-refractivity contribution in [2.75, 3.05) is 15.1 Å². The SMILES string of the molecule is C[C@H](N)c1ccccc1.C[C@H](Nc1cc(N(Cc2ccc(F)cc2)C(=O)OCc2ccccc2)ccn1)c1ccccc1.O=C(OCc1ccccc1)N(Cc1ccc(F)cc1)c1ccnc(Cl)c1. The maximum Gasteiger partial charge on any atom is 0.414 e. The second-order valence-electron chi connectivity index (χ2n) is 15.7. The number of pyridine rings is 2. The monoisotopic (exact) mass is 946 g/mol. The summed E-state index contributed by atoms with van der Waals surface area (Å²) in [6, 6.07) is 58.0. The van der Waals surface area contributed by atoms with Crippen LogP contribution < -0.4 is 20.9 Å². The Morgan fingerprint density at radius 2 is 0.957 bits per heavy atom. The first kappa shape index (κ1) is 50.5. The van der Waals surface area contributed by atoms with Gasteiger partial charge in [-0.15, -0.1) is 0 Å². The molecule has 0 radical (unpaired) electrons. The molecule has 0 aliphatic rings. The van der Waals surface area contributed by atoms with Crippen LogP contribution in [0.25, 0.3) is 0 Å². The van der Waals surface area contributed by atoms with Crippen LogP contribution >= 0.6 is 11.6 Å². The zero-order valence-electron chi connectivity index (χ0n) is 38.2. The van der Waals surface area contributed by atoms with Crippen LogP contribution in [0.15, 0.2) is 207 Å². The van der Waals surface area contributed by atoms with E-state index in [2.05, 4.69) is 15.3 Å². The number of amides is 2. The minimum atomic E-state index is -0.527. The van der Waals surface area contributed by atoms with Crippen LogP contribution in [0.4, 0.5) is 35.6 Å². The highest BCUT2D eigenvalue weighted by molar-refractivity contribution is 6.29. The van der Waals surface area contributed by atoms with Crippen molar-refractivity contribution in [3.63, 3.8) is 0 Å². The zero-order chi connectivity index (χ0) is 48.8. The summed E-state index contributed by atoms with van der Waals surface area (Å²) in [7, 11) is 0. The molecule has 3 N–H and O–H groups in total. The molecule has 0 aliphatic heterocycles. The molecular weight excluding hydrogens is 894 g/mol. The zero-order valence-corrected chi connectivity index (χ0v) is 39.0. The normalized spacial score (nSPS) is 11.3. The van der Waals surface area contributed by atoms with Crippen molar-refractivity contribution in [2.45, 2.75) is 52.2 Å². The van der Waals surface area contributed by atoms with Crippen LogP contribution in [-0.2, 0) is 35.8 Å². The Hall–Kier alpha value is -7.93. The summed E-state index contributed by atoms with van der Waals surface area (Å²) < 4.78 is 37.6. The second-order valence-corrected chi connectivity index (χ2v) is 16.1. The number of benzene rings is 6. The van der Waals surface area contributed by atoms with E-state index in [0.29, 0.717) is 17.2 Å². The van der Waals surface area contributed by atoms with E-state index in [4.69, 9.17) is 26.8 Å². The Balaban J connectivity index is 0.000000196. The average molecular weight is 948 g/mol. The average Bonchev–Trinajstić information content (AvgIpc) is 3.38. The molecule has 8 aromatic rings. The summed E-state index contributed by atoms with van der Waals surface area (Å²) in [6.07, 6.45) is 2.14. The topological polar surface area (TPSA) is 123 Å². The minimum Gasteiger partial charge on any atom is -0.444 e. The van der Waals surface area contributed by atoms with Crippen LogP contribution in [0.1, 0.15) is 59.3 Å². The van der Waals surface area contributed by atoms with Gasteiger partial charge in [-0.1, -0.05) is 157 Å². The summed E-state index contributed by atoms with van der Waals surface area (Å²) in [4.78, 5) is 37.1. The summed E-state index contributed by atoms with van der Waals surface area (Å²) in [5.41, 5.74) is 12.4. The van der Waals surface area contributed by atoms with E-state index in [1.165, 1.54) is 45.8 Å². The van der Waals surface area contributed by atoms with Crippen molar-refractivity contribution < 1.29 is 27.8 Å². The van der Waals surface area contributed by atoms with Crippen LogP contribution in [-0.4, -0.2) is 22.2 Å². The predicted molar refractivity (Wildman–Crippen MR) is 269 cm³/mol. The molecule has 10 nitrogen and oxygen atoms in total. The third-order valence-corrected chi connectivity index (χ3v) is 10.6. The Bertz CT molecular complexity index is 2780. The molecule has 6 aromatic carbocycles. The lowest BCUT2D eigenvalue weighted by Gasteiger charge is -2.23. The molecule has 0 aliphatic carbocycles. The first-order valence-electron chi connectivity index (χ1n) is 22.2. The van der Waals surface area contributed by atoms with Gasteiger partial charge in [0.1, 0.15) is 35.8 Å². The van der Waals surface area contributed by atoms with Crippen LogP contribution in [0.3, 0.4) is 0 Å². The lowest BCUT2D eigenvalue weighted by atomic mass is 10.1. The number of carbonyl (C=O) groups is 2. The number of aromatic nitrogens is 2. The number of carbonyl (C=O) groups excluding carboxylic acids is 2. The fraction of sp³-hybridized carbons (Fsp3) is 0.143. The largest absolute Gasteiger partial charge is 0.444 e. The smallest absolute Gasteiger partial charge is 0.414 e. The molecule has 0 saturated heterocycles. The second kappa shape index (κ2) is 26.4. The number of hydrogen-bond donors (Lipinski definition) is 2. The van der Waals surface area contributed by atoms with Gasteiger partial charge in [0.15, 0.2) is 0 Å². The predicted octanol–water partition coefficient (Wildman–Crippen LogP) is 13.7. The van der Waals surface area contributed by atoms with Crippen molar-refractivity contribution >= 4 is 41.0 Å². The number of hydrogen-bond acceptors (Lipinski definition) is 8. The maximum atomic E-state index is 13.4. The standard InChI is InChI=1S/C28H26FN3O2.C20H16ClFN2O2.C8H11N/c1-21(24-10-6-3-7-11-24)31-27-18-26(16-17-30-27)32(19-22-12-14-25(29)15-13-22)28(33)34-20-23-8-4-2-5-9-23;21-19-12-18(10-11-23-19)24(13-15-6-8-17(22)9-7-15)20(25)26-14-16-4-2-1-3-5-16;1-7(9)8-5-3-2-4-6-8/h2-18,21H,19-20H2,1H3,(H,30,31);1-12H,13-14H2;2-7H,9H2,1H3/t21-;;7-/m0.0/s1. The van der Waals surface area contributed by atoms with Crippen molar-refractivity contribution in [3.05, 3.63) is 257 Å². The Morgan fingerprint density at radius 1 is 0.551 bits per heavy atom. The van der Waals surface area contributed by atoms with E-state index in [1.807, 2.05) is 141 Å². The fourth-order valence-corrected chi connectivity index (χ4v) is 6.86. The molecule has 2 aromatic heterocycles. The van der Waals surface area contributed by atoms with E-state index in [-0.39, 0.29) is 55.2 Å². The number of nitrogens with one attached hydrogen (secondary N) is 1. The van der Waals surface area contributed by atoms with Crippen LogP contribution in [0.5, 0.6) is 0 Å². The first-order chi connectivity index (χ1) is 33.5. The Kier molecular flexibility index (Phi) is 19.3. The van der Waals surface area contributed by atoms with Gasteiger partial charge < -0.3 is 20.5 Å². The third-order valence-electron chi connectivity index (χ3n) is 10.4. The highest BCUT2D eigenvalue weighted by atomic mass is 35.5. The molecule has 2 atom stereocenters. The van der Waals surface area contributed by atoms with Gasteiger partial charge in [-0.25, -0.2) is 28.3 Å². The molecule has 0 saturated carbocycles. The molecule has 2 amide bonds. The molecule has 0 fully saturated rings. The van der Waals surface area contributed by atoms with Crippen molar-refractivity contribution in [3.8, 4) is 0 Å². The van der Waals surface area contributed by atoms with Crippen molar-refractivity contribution in [2.24, 2.45) is 5.73 Å². The molecule has 0 unspecified atom stereocenters. The molecular formula is C56H53ClF2N6O4. The highest BCUT2D eigenvalue weighted by Gasteiger charge is 2.21. The molecule has 69 heavy (non-hydrogen) atoms. The quantitative estimate of drug-likeness (QED) is 0.103. The van der Waals surface area contributed by atoms with Gasteiger partial charge in [-0.3, -0.25) is 9.80 Å². The van der Waals surface area contributed by atoms with Crippen LogP contribution in [0, 0.1) is 11.6 Å². The van der Waals surface area contributed by atoms with E-state index >= 15 is 0 Å². The lowest BCUT2D eigenvalue weighted by Crippen LogP contribution is -2.31.